The van der Waals surface area contributed by atoms with E-state index in [-0.39, 0.29) is 17.3 Å². The number of hydrogen-bond donors (Lipinski definition) is 2. The molecule has 1 saturated heterocycles. The number of nitrogens with one attached hydrogen (secondary N) is 1. The third-order valence-corrected chi connectivity index (χ3v) is 8.26. The van der Waals surface area contributed by atoms with Gasteiger partial charge in [0.1, 0.15) is 11.6 Å². The number of aryl methyl sites for hydroxylation is 1. The highest BCUT2D eigenvalue weighted by molar-refractivity contribution is 5.88. The number of anilines is 1. The Balaban J connectivity index is 1.80. The largest absolute Gasteiger partial charge is 0.493 e. The molecule has 0 radical (unpaired) electrons. The van der Waals surface area contributed by atoms with E-state index < -0.39 is 17.7 Å². The third kappa shape index (κ3) is 9.27. The van der Waals surface area contributed by atoms with Gasteiger partial charge in [-0.15, -0.1) is 0 Å². The van der Waals surface area contributed by atoms with Crippen molar-refractivity contribution in [3.05, 3.63) is 76.9 Å². The van der Waals surface area contributed by atoms with Crippen molar-refractivity contribution in [1.29, 1.82) is 0 Å². The number of rotatable bonds is 12. The van der Waals surface area contributed by atoms with Crippen molar-refractivity contribution in [2.75, 3.05) is 24.6 Å². The van der Waals surface area contributed by atoms with Crippen molar-refractivity contribution in [3.8, 4) is 16.9 Å². The summed E-state index contributed by atoms with van der Waals surface area (Å²) >= 11 is 0. The van der Waals surface area contributed by atoms with Gasteiger partial charge in [0.25, 0.3) is 0 Å². The molecule has 1 aliphatic rings. The van der Waals surface area contributed by atoms with Crippen molar-refractivity contribution in [1.82, 2.24) is 10.3 Å². The van der Waals surface area contributed by atoms with Gasteiger partial charge in [0.05, 0.1) is 23.6 Å². The van der Waals surface area contributed by atoms with Gasteiger partial charge in [-0.3, -0.25) is 4.98 Å². The smallest absolute Gasteiger partial charge is 0.337 e. The maximum Gasteiger partial charge on any atom is 0.337 e. The van der Waals surface area contributed by atoms with Gasteiger partial charge in [-0.1, -0.05) is 52.0 Å². The molecule has 8 heteroatoms. The number of carboxylic acid groups (broad SMARTS) is 1. The number of halogens is 1. The fourth-order valence-electron chi connectivity index (χ4n) is 5.71. The second kappa shape index (κ2) is 14.3. The van der Waals surface area contributed by atoms with Crippen molar-refractivity contribution in [2.24, 2.45) is 5.41 Å². The lowest BCUT2D eigenvalue weighted by Crippen LogP contribution is -2.39. The molecule has 1 atom stereocenters. The highest BCUT2D eigenvalue weighted by Gasteiger charge is 2.37. The summed E-state index contributed by atoms with van der Waals surface area (Å²) in [5, 5.41) is 14.1. The highest BCUT2D eigenvalue weighted by Crippen LogP contribution is 2.45. The van der Waals surface area contributed by atoms with Gasteiger partial charge in [-0.25, -0.2) is 9.18 Å². The normalized spacial score (nSPS) is 15.7. The minimum absolute atomic E-state index is 0.210. The summed E-state index contributed by atoms with van der Waals surface area (Å²) in [7, 11) is 0. The number of ether oxygens (including phenoxy) is 2. The van der Waals surface area contributed by atoms with Gasteiger partial charge in [0.2, 0.25) is 0 Å². The van der Waals surface area contributed by atoms with Crippen LogP contribution < -0.4 is 15.0 Å². The van der Waals surface area contributed by atoms with Crippen LogP contribution in [0, 0.1) is 18.2 Å². The summed E-state index contributed by atoms with van der Waals surface area (Å²) in [6, 6.07) is 14.7. The molecule has 1 aliphatic heterocycles. The van der Waals surface area contributed by atoms with Gasteiger partial charge in [0.15, 0.2) is 6.10 Å². The number of carbonyl (C=O) groups is 1. The zero-order valence-electron chi connectivity index (χ0n) is 28.2. The fraction of sp³-hybridized carbons (Fsp3) is 0.514. The molecule has 7 nitrogen and oxygen atoms in total. The number of pyridine rings is 1. The molecule has 1 fully saturated rings. The highest BCUT2D eigenvalue weighted by atomic mass is 19.1. The first-order chi connectivity index (χ1) is 21.1. The number of nitrogens with zero attached hydrogens (tertiary/aromatic N) is 2. The molecule has 0 amide bonds. The van der Waals surface area contributed by atoms with Crippen LogP contribution in [0.5, 0.6) is 5.75 Å². The summed E-state index contributed by atoms with van der Waals surface area (Å²) in [4.78, 5) is 20.3. The molecule has 3 aromatic rings. The van der Waals surface area contributed by atoms with E-state index in [0.717, 1.165) is 59.8 Å². The van der Waals surface area contributed by atoms with Gasteiger partial charge >= 0.3 is 5.97 Å². The Morgan fingerprint density at radius 2 is 1.69 bits per heavy atom. The minimum Gasteiger partial charge on any atom is -0.493 e. The molecule has 0 saturated carbocycles. The molecule has 0 bridgehead atoms. The molecule has 1 unspecified atom stereocenters. The second-order valence-electron chi connectivity index (χ2n) is 14.2. The zero-order valence-corrected chi connectivity index (χ0v) is 28.2. The van der Waals surface area contributed by atoms with Crippen LogP contribution in [0.2, 0.25) is 0 Å². The maximum absolute atomic E-state index is 13.3. The standard InChI is InChI=1S/C37H50FN3O4/c1-24(2)39-23-30-32(27-11-15-29(16-12-27)44-22-17-26-9-13-28(38)14-10-26)33(41-20-18-37(7,8)19-21-41)31(25(3)40-30)34(35(42)43)45-36(4,5)6/h9-16,24,34,39H,17-23H2,1-8H3,(H,42,43). The van der Waals surface area contributed by atoms with E-state index in [2.05, 4.69) is 37.9 Å². The number of piperidine rings is 1. The van der Waals surface area contributed by atoms with E-state index in [0.29, 0.717) is 30.8 Å². The summed E-state index contributed by atoms with van der Waals surface area (Å²) in [5.74, 6) is -0.555. The summed E-state index contributed by atoms with van der Waals surface area (Å²) in [6.07, 6.45) is 1.47. The summed E-state index contributed by atoms with van der Waals surface area (Å²) < 4.78 is 25.6. The van der Waals surface area contributed by atoms with Crippen LogP contribution in [0.3, 0.4) is 0 Å². The summed E-state index contributed by atoms with van der Waals surface area (Å²) in [6.45, 7) is 18.9. The van der Waals surface area contributed by atoms with E-state index in [1.165, 1.54) is 12.1 Å². The van der Waals surface area contributed by atoms with Crippen molar-refractivity contribution in [2.45, 2.75) is 98.9 Å². The van der Waals surface area contributed by atoms with E-state index in [4.69, 9.17) is 14.5 Å². The van der Waals surface area contributed by atoms with E-state index >= 15 is 0 Å². The molecule has 2 aromatic carbocycles. The Bertz CT molecular complexity index is 1440. The van der Waals surface area contributed by atoms with Gasteiger partial charge in [-0.05, 0) is 81.3 Å². The third-order valence-electron chi connectivity index (χ3n) is 8.26. The second-order valence-corrected chi connectivity index (χ2v) is 14.2. The zero-order chi connectivity index (χ0) is 32.9. The minimum atomic E-state index is -1.18. The fourth-order valence-corrected chi connectivity index (χ4v) is 5.71. The average Bonchev–Trinajstić information content (AvgIpc) is 2.96. The van der Waals surface area contributed by atoms with Crippen LogP contribution in [0.25, 0.3) is 11.1 Å². The van der Waals surface area contributed by atoms with Crippen LogP contribution in [-0.2, 0) is 22.5 Å². The molecule has 2 N–H and O–H groups in total. The number of aromatic nitrogens is 1. The van der Waals surface area contributed by atoms with Crippen LogP contribution >= 0.6 is 0 Å². The predicted octanol–water partition coefficient (Wildman–Crippen LogP) is 7.88. The SMILES string of the molecule is Cc1nc(CNC(C)C)c(-c2ccc(OCCc3ccc(F)cc3)cc2)c(N2CCC(C)(C)CC2)c1C(OC(C)(C)C)C(=O)O. The monoisotopic (exact) mass is 619 g/mol. The first-order valence-electron chi connectivity index (χ1n) is 16.0. The first kappa shape index (κ1) is 34.4. The van der Waals surface area contributed by atoms with Crippen molar-refractivity contribution in [3.63, 3.8) is 0 Å². The van der Waals surface area contributed by atoms with Crippen LogP contribution in [0.15, 0.2) is 48.5 Å². The number of aliphatic carboxylic acids is 1. The summed E-state index contributed by atoms with van der Waals surface area (Å²) in [5.41, 5.74) is 5.43. The Morgan fingerprint density at radius 3 is 2.24 bits per heavy atom. The maximum atomic E-state index is 13.3. The number of carboxylic acids is 1. The molecule has 0 spiro atoms. The molecule has 1 aromatic heterocycles. The lowest BCUT2D eigenvalue weighted by Gasteiger charge is -2.41. The average molecular weight is 620 g/mol. The molecule has 244 valence electrons. The Kier molecular flexibility index (Phi) is 10.9. The first-order valence-corrected chi connectivity index (χ1v) is 16.0. The Morgan fingerprint density at radius 1 is 1.07 bits per heavy atom. The Labute approximate surface area is 268 Å². The molecule has 0 aliphatic carbocycles. The van der Waals surface area contributed by atoms with E-state index in [1.54, 1.807) is 12.1 Å². The van der Waals surface area contributed by atoms with Crippen molar-refractivity contribution < 1.29 is 23.8 Å². The number of benzene rings is 2. The molecule has 4 rings (SSSR count). The quantitative estimate of drug-likeness (QED) is 0.213. The van der Waals surface area contributed by atoms with Crippen LogP contribution in [0.1, 0.15) is 89.9 Å². The lowest BCUT2D eigenvalue weighted by molar-refractivity contribution is -0.160. The lowest BCUT2D eigenvalue weighted by atomic mass is 9.81. The van der Waals surface area contributed by atoms with E-state index in [1.807, 2.05) is 52.0 Å². The predicted molar refractivity (Wildman–Crippen MR) is 178 cm³/mol. The Hall–Kier alpha value is -3.49. The van der Waals surface area contributed by atoms with Crippen LogP contribution in [0.4, 0.5) is 10.1 Å². The molecular weight excluding hydrogens is 569 g/mol. The number of hydrogen-bond acceptors (Lipinski definition) is 6. The topological polar surface area (TPSA) is 83.9 Å². The van der Waals surface area contributed by atoms with Gasteiger partial charge in [-0.2, -0.15) is 0 Å². The van der Waals surface area contributed by atoms with Crippen LogP contribution in [-0.4, -0.2) is 47.4 Å². The molecule has 2 heterocycles. The van der Waals surface area contributed by atoms with E-state index in [9.17, 15) is 14.3 Å². The molecule has 45 heavy (non-hydrogen) atoms. The molecular formula is C37H50FN3O4. The van der Waals surface area contributed by atoms with Crippen molar-refractivity contribution >= 4 is 11.7 Å². The van der Waals surface area contributed by atoms with Gasteiger partial charge in [0, 0.05) is 48.9 Å². The van der Waals surface area contributed by atoms with Gasteiger partial charge < -0.3 is 24.8 Å².